The molecule has 0 aromatic heterocycles. The van der Waals surface area contributed by atoms with Crippen molar-refractivity contribution in [2.45, 2.75) is 33.1 Å². The first-order valence-electron chi connectivity index (χ1n) is 10.4. The number of hydrogen-bond acceptors (Lipinski definition) is 4. The average Bonchev–Trinajstić information content (AvgIpc) is 3.15. The van der Waals surface area contributed by atoms with Crippen LogP contribution in [0, 0.1) is 12.8 Å². The van der Waals surface area contributed by atoms with Gasteiger partial charge in [0.2, 0.25) is 5.91 Å². The van der Waals surface area contributed by atoms with E-state index in [9.17, 15) is 14.4 Å². The summed E-state index contributed by atoms with van der Waals surface area (Å²) in [6.07, 6.45) is 1.62. The van der Waals surface area contributed by atoms with Crippen molar-refractivity contribution in [1.82, 2.24) is 5.32 Å². The molecule has 1 saturated heterocycles. The summed E-state index contributed by atoms with van der Waals surface area (Å²) in [7, 11) is 0. The second kappa shape index (κ2) is 10.1. The number of nitrogens with one attached hydrogen (secondary N) is 1. The van der Waals surface area contributed by atoms with Gasteiger partial charge in [0.05, 0.1) is 5.92 Å². The Labute approximate surface area is 177 Å². The van der Waals surface area contributed by atoms with Crippen LogP contribution in [-0.2, 0) is 32.0 Å². The normalized spacial score (nSPS) is 15.9. The number of anilines is 1. The molecule has 158 valence electrons. The van der Waals surface area contributed by atoms with E-state index in [-0.39, 0.29) is 31.4 Å². The van der Waals surface area contributed by atoms with Gasteiger partial charge >= 0.3 is 5.97 Å². The zero-order valence-electron chi connectivity index (χ0n) is 17.5. The minimum atomic E-state index is -0.554. The third-order valence-corrected chi connectivity index (χ3v) is 5.44. The molecule has 6 heteroatoms. The largest absolute Gasteiger partial charge is 0.455 e. The van der Waals surface area contributed by atoms with E-state index in [1.54, 1.807) is 4.90 Å². The van der Waals surface area contributed by atoms with E-state index >= 15 is 0 Å². The number of nitrogens with zero attached hydrogens (tertiary/aromatic N) is 1. The van der Waals surface area contributed by atoms with Crippen molar-refractivity contribution >= 4 is 23.5 Å². The third kappa shape index (κ3) is 5.26. The molecule has 1 atom stereocenters. The first kappa shape index (κ1) is 21.6. The quantitative estimate of drug-likeness (QED) is 0.682. The van der Waals surface area contributed by atoms with E-state index in [0.29, 0.717) is 6.54 Å². The number of ether oxygens (including phenoxy) is 1. The summed E-state index contributed by atoms with van der Waals surface area (Å²) in [5, 5.41) is 2.77. The standard InChI is InChI=1S/C24H28N2O4/c1-3-18-9-6-7-11-21(18)26-15-20(14-23(26)28)24(29)30-16-22(27)25-13-12-19-10-5-4-8-17(19)2/h4-11,20H,3,12-16H2,1-2H3,(H,25,27)/t20-/m0/s1. The Morgan fingerprint density at radius 2 is 1.80 bits per heavy atom. The highest BCUT2D eigenvalue weighted by molar-refractivity contribution is 6.00. The maximum absolute atomic E-state index is 12.4. The van der Waals surface area contributed by atoms with Crippen LogP contribution in [0.5, 0.6) is 0 Å². The van der Waals surface area contributed by atoms with Crippen LogP contribution in [0.15, 0.2) is 48.5 Å². The van der Waals surface area contributed by atoms with Crippen LogP contribution in [0.2, 0.25) is 0 Å². The van der Waals surface area contributed by atoms with Gasteiger partial charge in [0.25, 0.3) is 5.91 Å². The summed E-state index contributed by atoms with van der Waals surface area (Å²) < 4.78 is 5.17. The molecule has 0 saturated carbocycles. The molecule has 0 aliphatic carbocycles. The van der Waals surface area contributed by atoms with Crippen molar-refractivity contribution in [3.05, 3.63) is 65.2 Å². The Bertz CT molecular complexity index is 925. The SMILES string of the molecule is CCc1ccccc1N1C[C@@H](C(=O)OCC(=O)NCCc2ccccc2C)CC1=O. The van der Waals surface area contributed by atoms with Crippen LogP contribution in [0.25, 0.3) is 0 Å². The van der Waals surface area contributed by atoms with E-state index in [0.717, 1.165) is 24.1 Å². The molecule has 6 nitrogen and oxygen atoms in total. The molecule has 30 heavy (non-hydrogen) atoms. The van der Waals surface area contributed by atoms with Crippen molar-refractivity contribution in [3.63, 3.8) is 0 Å². The molecular weight excluding hydrogens is 380 g/mol. The molecule has 0 bridgehead atoms. The van der Waals surface area contributed by atoms with Crippen LogP contribution < -0.4 is 10.2 Å². The van der Waals surface area contributed by atoms with Gasteiger partial charge in [-0.05, 0) is 42.5 Å². The summed E-state index contributed by atoms with van der Waals surface area (Å²) in [5.74, 6) is -1.49. The molecular formula is C24H28N2O4. The Morgan fingerprint density at radius 3 is 2.53 bits per heavy atom. The lowest BCUT2D eigenvalue weighted by Crippen LogP contribution is -2.32. The first-order valence-corrected chi connectivity index (χ1v) is 10.4. The Balaban J connectivity index is 1.45. The van der Waals surface area contributed by atoms with Gasteiger partial charge in [-0.15, -0.1) is 0 Å². The highest BCUT2D eigenvalue weighted by Gasteiger charge is 2.36. The van der Waals surface area contributed by atoms with E-state index in [1.165, 1.54) is 11.1 Å². The van der Waals surface area contributed by atoms with Gasteiger partial charge in [-0.25, -0.2) is 0 Å². The third-order valence-electron chi connectivity index (χ3n) is 5.44. The average molecular weight is 408 g/mol. The van der Waals surface area contributed by atoms with Crippen molar-refractivity contribution in [1.29, 1.82) is 0 Å². The number of carbonyl (C=O) groups is 3. The molecule has 2 aromatic rings. The molecule has 1 fully saturated rings. The molecule has 1 N–H and O–H groups in total. The minimum Gasteiger partial charge on any atom is -0.455 e. The predicted molar refractivity (Wildman–Crippen MR) is 115 cm³/mol. The van der Waals surface area contributed by atoms with Crippen molar-refractivity contribution in [2.75, 3.05) is 24.6 Å². The topological polar surface area (TPSA) is 75.7 Å². The molecule has 1 heterocycles. The molecule has 3 rings (SSSR count). The maximum atomic E-state index is 12.4. The fourth-order valence-electron chi connectivity index (χ4n) is 3.70. The fourth-order valence-corrected chi connectivity index (χ4v) is 3.70. The van der Waals surface area contributed by atoms with Gasteiger partial charge in [0.1, 0.15) is 0 Å². The molecule has 1 aliphatic heterocycles. The van der Waals surface area contributed by atoms with E-state index < -0.39 is 11.9 Å². The van der Waals surface area contributed by atoms with Crippen LogP contribution in [-0.4, -0.2) is 37.5 Å². The highest BCUT2D eigenvalue weighted by atomic mass is 16.5. The first-order chi connectivity index (χ1) is 14.5. The molecule has 2 aromatic carbocycles. The van der Waals surface area contributed by atoms with Gasteiger partial charge in [-0.2, -0.15) is 0 Å². The van der Waals surface area contributed by atoms with Crippen LogP contribution in [0.4, 0.5) is 5.69 Å². The van der Waals surface area contributed by atoms with E-state index in [4.69, 9.17) is 4.74 Å². The zero-order chi connectivity index (χ0) is 21.5. The molecule has 0 radical (unpaired) electrons. The van der Waals surface area contributed by atoms with Gasteiger partial charge in [-0.1, -0.05) is 49.4 Å². The lowest BCUT2D eigenvalue weighted by molar-refractivity contribution is -0.152. The monoisotopic (exact) mass is 408 g/mol. The van der Waals surface area contributed by atoms with E-state index in [2.05, 4.69) is 5.32 Å². The number of benzene rings is 2. The fraction of sp³-hybridized carbons (Fsp3) is 0.375. The summed E-state index contributed by atoms with van der Waals surface area (Å²) in [4.78, 5) is 38.5. The van der Waals surface area contributed by atoms with Gasteiger partial charge < -0.3 is 15.0 Å². The van der Waals surface area contributed by atoms with Crippen LogP contribution >= 0.6 is 0 Å². The lowest BCUT2D eigenvalue weighted by atomic mass is 10.1. The maximum Gasteiger partial charge on any atom is 0.311 e. The smallest absolute Gasteiger partial charge is 0.311 e. The van der Waals surface area contributed by atoms with E-state index in [1.807, 2.05) is 62.4 Å². The molecule has 0 unspecified atom stereocenters. The highest BCUT2D eigenvalue weighted by Crippen LogP contribution is 2.29. The summed E-state index contributed by atoms with van der Waals surface area (Å²) in [6, 6.07) is 15.7. The Morgan fingerprint density at radius 1 is 1.10 bits per heavy atom. The van der Waals surface area contributed by atoms with Gasteiger partial charge in [0, 0.05) is 25.2 Å². The number of esters is 1. The number of hydrogen-bond donors (Lipinski definition) is 1. The van der Waals surface area contributed by atoms with Gasteiger partial charge in [0.15, 0.2) is 6.61 Å². The molecule has 0 spiro atoms. The van der Waals surface area contributed by atoms with Crippen molar-refractivity contribution < 1.29 is 19.1 Å². The van der Waals surface area contributed by atoms with Crippen LogP contribution in [0.1, 0.15) is 30.0 Å². The summed E-state index contributed by atoms with van der Waals surface area (Å²) >= 11 is 0. The predicted octanol–water partition coefficient (Wildman–Crippen LogP) is 2.81. The van der Waals surface area contributed by atoms with Gasteiger partial charge in [-0.3, -0.25) is 14.4 Å². The second-order valence-electron chi connectivity index (χ2n) is 7.52. The number of aryl methyl sites for hydroxylation is 2. The summed E-state index contributed by atoms with van der Waals surface area (Å²) in [5.41, 5.74) is 4.26. The molecule has 1 aliphatic rings. The zero-order valence-corrected chi connectivity index (χ0v) is 17.5. The second-order valence-corrected chi connectivity index (χ2v) is 7.52. The lowest BCUT2D eigenvalue weighted by Gasteiger charge is -2.19. The number of amides is 2. The molecule has 2 amide bonds. The summed E-state index contributed by atoms with van der Waals surface area (Å²) in [6.45, 7) is 4.49. The van der Waals surface area contributed by atoms with Crippen molar-refractivity contribution in [2.24, 2.45) is 5.92 Å². The van der Waals surface area contributed by atoms with Crippen molar-refractivity contribution in [3.8, 4) is 0 Å². The van der Waals surface area contributed by atoms with Crippen LogP contribution in [0.3, 0.4) is 0 Å². The Kier molecular flexibility index (Phi) is 7.22. The number of para-hydroxylation sites is 1. The number of carbonyl (C=O) groups excluding carboxylic acids is 3. The number of rotatable bonds is 8. The minimum absolute atomic E-state index is 0.0967. The Hall–Kier alpha value is -3.15.